The summed E-state index contributed by atoms with van der Waals surface area (Å²) in [5.41, 5.74) is 0.641. The minimum absolute atomic E-state index is 0.134. The third-order valence-corrected chi connectivity index (χ3v) is 2.83. The number of carbonyl (C=O) groups is 1. The predicted molar refractivity (Wildman–Crippen MR) is 67.4 cm³/mol. The Hall–Kier alpha value is -0.600. The van der Waals surface area contributed by atoms with E-state index in [2.05, 4.69) is 4.98 Å². The van der Waals surface area contributed by atoms with E-state index < -0.39 is 0 Å². The first-order valence-electron chi connectivity index (χ1n) is 5.45. The molecule has 4 heteroatoms. The Bertz CT molecular complexity index is 324. The maximum atomic E-state index is 11.7. The van der Waals surface area contributed by atoms with E-state index in [-0.39, 0.29) is 5.78 Å². The van der Waals surface area contributed by atoms with Crippen LogP contribution in [0, 0.1) is 0 Å². The van der Waals surface area contributed by atoms with E-state index in [1.807, 2.05) is 0 Å². The van der Waals surface area contributed by atoms with E-state index in [1.54, 1.807) is 12.1 Å². The molecular formula is C12H15Cl2NO. The molecule has 0 N–H and O–H groups in total. The highest BCUT2D eigenvalue weighted by Gasteiger charge is 2.05. The van der Waals surface area contributed by atoms with Gasteiger partial charge in [-0.2, -0.15) is 0 Å². The number of ketones is 1. The van der Waals surface area contributed by atoms with Crippen LogP contribution >= 0.6 is 23.2 Å². The van der Waals surface area contributed by atoms with Crippen LogP contribution in [-0.2, 0) is 0 Å². The third kappa shape index (κ3) is 4.95. The first-order chi connectivity index (χ1) is 7.74. The summed E-state index contributed by atoms with van der Waals surface area (Å²) in [5.74, 6) is 0.838. The van der Waals surface area contributed by atoms with Gasteiger partial charge in [-0.15, -0.1) is 11.6 Å². The third-order valence-electron chi connectivity index (χ3n) is 2.34. The number of hydrogen-bond acceptors (Lipinski definition) is 2. The van der Waals surface area contributed by atoms with Gasteiger partial charge in [0, 0.05) is 24.1 Å². The summed E-state index contributed by atoms with van der Waals surface area (Å²) in [7, 11) is 0. The van der Waals surface area contributed by atoms with Crippen LogP contribution in [0.2, 0.25) is 5.15 Å². The molecule has 0 unspecified atom stereocenters. The van der Waals surface area contributed by atoms with E-state index in [4.69, 9.17) is 23.2 Å². The summed E-state index contributed by atoms with van der Waals surface area (Å²) >= 11 is 11.2. The van der Waals surface area contributed by atoms with Crippen LogP contribution in [0.1, 0.15) is 42.5 Å². The number of nitrogens with zero attached hydrogens (tertiary/aromatic N) is 1. The topological polar surface area (TPSA) is 30.0 Å². The number of hydrogen-bond donors (Lipinski definition) is 0. The molecular weight excluding hydrogens is 245 g/mol. The van der Waals surface area contributed by atoms with Crippen molar-refractivity contribution in [3.63, 3.8) is 0 Å². The number of alkyl halides is 1. The summed E-state index contributed by atoms with van der Waals surface area (Å²) < 4.78 is 0. The fraction of sp³-hybridized carbons (Fsp3) is 0.500. The van der Waals surface area contributed by atoms with Crippen molar-refractivity contribution < 1.29 is 4.79 Å². The lowest BCUT2D eigenvalue weighted by molar-refractivity contribution is 0.0979. The molecule has 0 fully saturated rings. The van der Waals surface area contributed by atoms with Crippen LogP contribution < -0.4 is 0 Å². The Kier molecular flexibility index (Phi) is 6.43. The molecule has 16 heavy (non-hydrogen) atoms. The lowest BCUT2D eigenvalue weighted by Crippen LogP contribution is -1.99. The average molecular weight is 260 g/mol. The molecule has 0 aliphatic rings. The van der Waals surface area contributed by atoms with E-state index >= 15 is 0 Å². The van der Waals surface area contributed by atoms with Gasteiger partial charge >= 0.3 is 0 Å². The van der Waals surface area contributed by atoms with Crippen molar-refractivity contribution in [1.82, 2.24) is 4.98 Å². The molecule has 0 radical (unpaired) electrons. The van der Waals surface area contributed by atoms with Crippen molar-refractivity contribution in [3.05, 3.63) is 29.0 Å². The molecule has 0 atom stereocenters. The molecule has 0 aromatic carbocycles. The van der Waals surface area contributed by atoms with Crippen molar-refractivity contribution in [3.8, 4) is 0 Å². The number of unbranched alkanes of at least 4 members (excludes halogenated alkanes) is 3. The largest absolute Gasteiger partial charge is 0.294 e. The van der Waals surface area contributed by atoms with E-state index in [0.29, 0.717) is 23.0 Å². The Balaban J connectivity index is 2.27. The minimum Gasteiger partial charge on any atom is -0.294 e. The van der Waals surface area contributed by atoms with Gasteiger partial charge in [0.2, 0.25) is 0 Å². The molecule has 1 aromatic rings. The SMILES string of the molecule is O=C(CCCCCCCl)c1ccc(Cl)nc1. The number of Topliss-reactive ketones (excluding diaryl/α,β-unsaturated/α-hetero) is 1. The number of halogens is 2. The lowest BCUT2D eigenvalue weighted by atomic mass is 10.1. The molecule has 0 spiro atoms. The van der Waals surface area contributed by atoms with E-state index in [1.165, 1.54) is 6.20 Å². The second kappa shape index (κ2) is 7.64. The number of aromatic nitrogens is 1. The van der Waals surface area contributed by atoms with Gasteiger partial charge in [-0.25, -0.2) is 4.98 Å². The van der Waals surface area contributed by atoms with Crippen molar-refractivity contribution in [1.29, 1.82) is 0 Å². The molecule has 2 nitrogen and oxygen atoms in total. The zero-order valence-corrected chi connectivity index (χ0v) is 10.6. The van der Waals surface area contributed by atoms with Crippen molar-refractivity contribution in [2.24, 2.45) is 0 Å². The van der Waals surface area contributed by atoms with Crippen LogP contribution in [0.5, 0.6) is 0 Å². The standard InChI is InChI=1S/C12H15Cl2NO/c13-8-4-2-1-3-5-11(16)10-6-7-12(14)15-9-10/h6-7,9H,1-5,8H2. The molecule has 1 aromatic heterocycles. The Morgan fingerprint density at radius 1 is 1.19 bits per heavy atom. The van der Waals surface area contributed by atoms with Gasteiger partial charge in [-0.3, -0.25) is 4.79 Å². The number of rotatable bonds is 7. The van der Waals surface area contributed by atoms with Crippen molar-refractivity contribution >= 4 is 29.0 Å². The zero-order valence-electron chi connectivity index (χ0n) is 9.09. The highest BCUT2D eigenvalue weighted by molar-refractivity contribution is 6.29. The smallest absolute Gasteiger partial charge is 0.164 e. The summed E-state index contributed by atoms with van der Waals surface area (Å²) in [5, 5.41) is 0.415. The summed E-state index contributed by atoms with van der Waals surface area (Å²) in [6.45, 7) is 0. The van der Waals surface area contributed by atoms with Crippen LogP contribution in [-0.4, -0.2) is 16.6 Å². The number of pyridine rings is 1. The summed E-state index contributed by atoms with van der Waals surface area (Å²) in [6.07, 6.45) is 6.20. The maximum absolute atomic E-state index is 11.7. The molecule has 0 aliphatic heterocycles. The molecule has 0 amide bonds. The first-order valence-corrected chi connectivity index (χ1v) is 6.36. The van der Waals surface area contributed by atoms with Crippen LogP contribution in [0.15, 0.2) is 18.3 Å². The molecule has 0 bridgehead atoms. The Morgan fingerprint density at radius 2 is 1.94 bits per heavy atom. The lowest BCUT2D eigenvalue weighted by Gasteiger charge is -2.00. The van der Waals surface area contributed by atoms with Crippen LogP contribution in [0.25, 0.3) is 0 Å². The highest BCUT2D eigenvalue weighted by Crippen LogP contribution is 2.11. The van der Waals surface area contributed by atoms with Gasteiger partial charge in [0.1, 0.15) is 5.15 Å². The fourth-order valence-corrected chi connectivity index (χ4v) is 1.72. The van der Waals surface area contributed by atoms with E-state index in [0.717, 1.165) is 25.7 Å². The Morgan fingerprint density at radius 3 is 2.56 bits per heavy atom. The summed E-state index contributed by atoms with van der Waals surface area (Å²) in [4.78, 5) is 15.6. The number of carbonyl (C=O) groups excluding carboxylic acids is 1. The molecule has 88 valence electrons. The molecule has 1 heterocycles. The monoisotopic (exact) mass is 259 g/mol. The fourth-order valence-electron chi connectivity index (χ4n) is 1.42. The van der Waals surface area contributed by atoms with Crippen molar-refractivity contribution in [2.75, 3.05) is 5.88 Å². The van der Waals surface area contributed by atoms with Crippen LogP contribution in [0.4, 0.5) is 0 Å². The van der Waals surface area contributed by atoms with Gasteiger partial charge in [0.05, 0.1) is 0 Å². The minimum atomic E-state index is 0.134. The molecule has 1 rings (SSSR count). The molecule has 0 aliphatic carbocycles. The predicted octanol–water partition coefficient (Wildman–Crippen LogP) is 4.11. The van der Waals surface area contributed by atoms with E-state index in [9.17, 15) is 4.79 Å². The Labute approximate surface area is 106 Å². The van der Waals surface area contributed by atoms with Gasteiger partial charge < -0.3 is 0 Å². The van der Waals surface area contributed by atoms with Gasteiger partial charge in [-0.1, -0.05) is 24.4 Å². The normalized spacial score (nSPS) is 10.4. The molecule has 0 saturated carbocycles. The highest BCUT2D eigenvalue weighted by atomic mass is 35.5. The second-order valence-corrected chi connectivity index (χ2v) is 4.41. The first kappa shape index (κ1) is 13.5. The zero-order chi connectivity index (χ0) is 11.8. The molecule has 0 saturated heterocycles. The van der Waals surface area contributed by atoms with Gasteiger partial charge in [-0.05, 0) is 25.0 Å². The summed E-state index contributed by atoms with van der Waals surface area (Å²) in [6, 6.07) is 3.36. The van der Waals surface area contributed by atoms with Crippen molar-refractivity contribution in [2.45, 2.75) is 32.1 Å². The maximum Gasteiger partial charge on any atom is 0.164 e. The quantitative estimate of drug-likeness (QED) is 0.319. The average Bonchev–Trinajstić information content (AvgIpc) is 2.29. The van der Waals surface area contributed by atoms with Gasteiger partial charge in [0.25, 0.3) is 0 Å². The van der Waals surface area contributed by atoms with Crippen LogP contribution in [0.3, 0.4) is 0 Å². The second-order valence-electron chi connectivity index (χ2n) is 3.65. The van der Waals surface area contributed by atoms with Gasteiger partial charge in [0.15, 0.2) is 5.78 Å².